The minimum absolute atomic E-state index is 0.0309. The number of nitrogens with zero attached hydrogens (tertiary/aromatic N) is 2. The third-order valence-electron chi connectivity index (χ3n) is 5.17. The summed E-state index contributed by atoms with van der Waals surface area (Å²) in [4.78, 5) is 12.4. The Morgan fingerprint density at radius 3 is 2.38 bits per heavy atom. The molecular weight excluding hydrogens is 468 g/mol. The number of hydrogen-bond donors (Lipinski definition) is 0. The molecule has 0 radical (unpaired) electrons. The van der Waals surface area contributed by atoms with Crippen LogP contribution in [0.1, 0.15) is 44.0 Å². The van der Waals surface area contributed by atoms with Gasteiger partial charge in [0.05, 0.1) is 20.9 Å². The van der Waals surface area contributed by atoms with Gasteiger partial charge >= 0.3 is 0 Å². The molecule has 174 valence electrons. The predicted octanol–water partition coefficient (Wildman–Crippen LogP) is 5.23. The van der Waals surface area contributed by atoms with Gasteiger partial charge < -0.3 is 0 Å². The smallest absolute Gasteiger partial charge is 0.268 e. The van der Waals surface area contributed by atoms with E-state index >= 15 is 0 Å². The summed E-state index contributed by atoms with van der Waals surface area (Å²) in [6.45, 7) is 14.7. The first-order valence-corrected chi connectivity index (χ1v) is 13.4. The van der Waals surface area contributed by atoms with Crippen LogP contribution in [0.15, 0.2) is 65.6 Å². The molecule has 1 aromatic carbocycles. The van der Waals surface area contributed by atoms with Gasteiger partial charge in [0.15, 0.2) is 0 Å². The van der Waals surface area contributed by atoms with Gasteiger partial charge in [-0.25, -0.2) is 20.9 Å². The summed E-state index contributed by atoms with van der Waals surface area (Å²) in [5.41, 5.74) is 0.298. The SMILES string of the molecule is C=C/C=C(\C=C)S(=O)(=O)n1cc(C(=O)Cl)c2cc(S(=O)N3CCC(C)CC3)ccc21.CC. The number of piperidine rings is 1. The van der Waals surface area contributed by atoms with Gasteiger partial charge in [-0.15, -0.1) is 0 Å². The van der Waals surface area contributed by atoms with E-state index in [1.807, 2.05) is 18.2 Å². The zero-order chi connectivity index (χ0) is 24.1. The van der Waals surface area contributed by atoms with E-state index in [-0.39, 0.29) is 16.0 Å². The number of aromatic nitrogens is 1. The Bertz CT molecular complexity index is 1170. The van der Waals surface area contributed by atoms with Crippen LogP contribution in [-0.2, 0) is 21.0 Å². The number of carbonyl (C=O) groups is 1. The molecule has 1 fully saturated rings. The average Bonchev–Trinajstić information content (AvgIpc) is 3.18. The molecule has 32 heavy (non-hydrogen) atoms. The normalized spacial score (nSPS) is 16.8. The lowest BCUT2D eigenvalue weighted by Gasteiger charge is -2.28. The van der Waals surface area contributed by atoms with Crippen molar-refractivity contribution in [2.75, 3.05) is 13.1 Å². The number of hydrogen-bond acceptors (Lipinski definition) is 4. The summed E-state index contributed by atoms with van der Waals surface area (Å²) in [7, 11) is -5.43. The molecular formula is C23H29ClN2O4S2. The van der Waals surface area contributed by atoms with Crippen LogP contribution < -0.4 is 0 Å². The number of fused-ring (bicyclic) bond motifs is 1. The van der Waals surface area contributed by atoms with Gasteiger partial charge in [-0.2, -0.15) is 0 Å². The first-order chi connectivity index (χ1) is 15.2. The molecule has 0 bridgehead atoms. The van der Waals surface area contributed by atoms with Gasteiger partial charge in [-0.3, -0.25) is 4.79 Å². The minimum atomic E-state index is -4.02. The summed E-state index contributed by atoms with van der Waals surface area (Å²) in [5.74, 6) is 0.600. The topological polar surface area (TPSA) is 76.5 Å². The Morgan fingerprint density at radius 2 is 1.84 bits per heavy atom. The Labute approximate surface area is 197 Å². The standard InChI is InChI=1S/C21H23ClN2O4S2.C2H6/c1-4-6-17(5-2)30(27,28)24-14-19(21(22)25)18-13-16(7-8-20(18)24)29(26)23-11-9-15(3)10-12-23;1-2/h4-8,13-15H,1-2,9-12H2,3H3;1-2H3/b17-6+;. The Morgan fingerprint density at radius 1 is 1.22 bits per heavy atom. The van der Waals surface area contributed by atoms with Gasteiger partial charge in [0.1, 0.15) is 11.0 Å². The highest BCUT2D eigenvalue weighted by Crippen LogP contribution is 2.30. The molecule has 9 heteroatoms. The predicted molar refractivity (Wildman–Crippen MR) is 133 cm³/mol. The second kappa shape index (κ2) is 11.2. The van der Waals surface area contributed by atoms with Crippen molar-refractivity contribution in [1.29, 1.82) is 0 Å². The third kappa shape index (κ3) is 5.31. The van der Waals surface area contributed by atoms with E-state index < -0.39 is 26.3 Å². The van der Waals surface area contributed by atoms with Crippen LogP contribution in [0.2, 0.25) is 0 Å². The molecule has 1 saturated heterocycles. The van der Waals surface area contributed by atoms with Crippen molar-refractivity contribution in [3.8, 4) is 0 Å². The highest BCUT2D eigenvalue weighted by molar-refractivity contribution is 7.94. The van der Waals surface area contributed by atoms with Crippen molar-refractivity contribution >= 4 is 48.8 Å². The van der Waals surface area contributed by atoms with Crippen LogP contribution in [0.3, 0.4) is 0 Å². The molecule has 1 atom stereocenters. The van der Waals surface area contributed by atoms with Gasteiger partial charge in [0.25, 0.3) is 15.3 Å². The fourth-order valence-electron chi connectivity index (χ4n) is 3.43. The van der Waals surface area contributed by atoms with Gasteiger partial charge in [-0.05, 0) is 60.7 Å². The molecule has 1 aliphatic heterocycles. The minimum Gasteiger partial charge on any atom is -0.276 e. The second-order valence-electron chi connectivity index (χ2n) is 7.17. The van der Waals surface area contributed by atoms with Crippen molar-refractivity contribution in [3.63, 3.8) is 0 Å². The van der Waals surface area contributed by atoms with Crippen LogP contribution in [0.5, 0.6) is 0 Å². The summed E-state index contributed by atoms with van der Waals surface area (Å²) in [5, 5.41) is -0.464. The number of rotatable bonds is 7. The maximum atomic E-state index is 13.1. The average molecular weight is 497 g/mol. The van der Waals surface area contributed by atoms with Crippen LogP contribution in [0.25, 0.3) is 10.9 Å². The molecule has 0 aliphatic carbocycles. The Hall–Kier alpha value is -2.00. The van der Waals surface area contributed by atoms with E-state index in [4.69, 9.17) is 11.6 Å². The second-order valence-corrected chi connectivity index (χ2v) is 10.8. The molecule has 0 saturated carbocycles. The van der Waals surface area contributed by atoms with E-state index in [9.17, 15) is 17.4 Å². The first-order valence-electron chi connectivity index (χ1n) is 10.4. The maximum absolute atomic E-state index is 13.1. The van der Waals surface area contributed by atoms with E-state index in [1.165, 1.54) is 24.4 Å². The lowest BCUT2D eigenvalue weighted by atomic mass is 10.0. The maximum Gasteiger partial charge on any atom is 0.268 e. The largest absolute Gasteiger partial charge is 0.276 e. The molecule has 1 aromatic heterocycles. The lowest BCUT2D eigenvalue weighted by molar-refractivity contribution is 0.108. The number of carbonyl (C=O) groups excluding carboxylic acids is 1. The highest BCUT2D eigenvalue weighted by Gasteiger charge is 2.26. The highest BCUT2D eigenvalue weighted by atomic mass is 35.5. The van der Waals surface area contributed by atoms with Crippen LogP contribution in [-0.4, -0.2) is 39.2 Å². The van der Waals surface area contributed by atoms with Gasteiger partial charge in [-0.1, -0.05) is 40.0 Å². The van der Waals surface area contributed by atoms with Gasteiger partial charge in [0, 0.05) is 24.7 Å². The number of allylic oxidation sites excluding steroid dienone is 3. The first kappa shape index (κ1) is 26.3. The molecule has 3 rings (SSSR count). The molecule has 1 unspecified atom stereocenters. The van der Waals surface area contributed by atoms with Crippen molar-refractivity contribution in [2.45, 2.75) is 38.5 Å². The molecule has 6 nitrogen and oxygen atoms in total. The summed E-state index contributed by atoms with van der Waals surface area (Å²) < 4.78 is 42.0. The molecule has 2 heterocycles. The molecule has 1 aliphatic rings. The fraction of sp³-hybridized carbons (Fsp3) is 0.348. The monoisotopic (exact) mass is 496 g/mol. The molecule has 0 N–H and O–H groups in total. The van der Waals surface area contributed by atoms with Crippen LogP contribution in [0, 0.1) is 5.92 Å². The zero-order valence-electron chi connectivity index (χ0n) is 18.6. The van der Waals surface area contributed by atoms with E-state index in [0.29, 0.717) is 16.2 Å². The lowest BCUT2D eigenvalue weighted by Crippen LogP contribution is -2.34. The van der Waals surface area contributed by atoms with Crippen LogP contribution in [0.4, 0.5) is 0 Å². The molecule has 0 amide bonds. The summed E-state index contributed by atoms with van der Waals surface area (Å²) in [6, 6.07) is 4.75. The molecule has 0 spiro atoms. The summed E-state index contributed by atoms with van der Waals surface area (Å²) in [6.07, 6.45) is 6.98. The van der Waals surface area contributed by atoms with Crippen molar-refractivity contribution in [2.24, 2.45) is 5.92 Å². The Kier molecular flexibility index (Phi) is 9.21. The Balaban J connectivity index is 0.00000176. The number of benzene rings is 1. The van der Waals surface area contributed by atoms with E-state index in [1.54, 1.807) is 18.2 Å². The number of halogens is 1. The molecule has 2 aromatic rings. The van der Waals surface area contributed by atoms with E-state index in [2.05, 4.69) is 20.1 Å². The van der Waals surface area contributed by atoms with Crippen LogP contribution >= 0.6 is 11.6 Å². The summed E-state index contributed by atoms with van der Waals surface area (Å²) >= 11 is 5.73. The van der Waals surface area contributed by atoms with Gasteiger partial charge in [0.2, 0.25) is 0 Å². The third-order valence-corrected chi connectivity index (χ3v) is 8.59. The zero-order valence-corrected chi connectivity index (χ0v) is 21.0. The van der Waals surface area contributed by atoms with E-state index in [0.717, 1.165) is 29.9 Å². The fourth-order valence-corrected chi connectivity index (χ4v) is 6.19. The quantitative estimate of drug-likeness (QED) is 0.388. The van der Waals surface area contributed by atoms with Crippen molar-refractivity contribution in [3.05, 3.63) is 66.3 Å². The van der Waals surface area contributed by atoms with Crippen molar-refractivity contribution in [1.82, 2.24) is 8.28 Å². The van der Waals surface area contributed by atoms with Crippen molar-refractivity contribution < 1.29 is 17.4 Å².